The van der Waals surface area contributed by atoms with Gasteiger partial charge in [0.05, 0.1) is 0 Å². The van der Waals surface area contributed by atoms with Crippen LogP contribution in [-0.2, 0) is 0 Å². The second-order valence-electron chi connectivity index (χ2n) is 4.05. The van der Waals surface area contributed by atoms with Gasteiger partial charge in [-0.25, -0.2) is 0 Å². The molecule has 2 aromatic rings. The van der Waals surface area contributed by atoms with Crippen molar-refractivity contribution in [2.75, 3.05) is 0 Å². The number of aromatic nitrogens is 1. The van der Waals surface area contributed by atoms with Crippen LogP contribution in [0.2, 0.25) is 0 Å². The summed E-state index contributed by atoms with van der Waals surface area (Å²) in [5.74, 6) is 0.606. The minimum absolute atomic E-state index is 0.444. The van der Waals surface area contributed by atoms with Gasteiger partial charge in [-0.15, -0.1) is 0 Å². The third-order valence-corrected chi connectivity index (χ3v) is 4.46. The van der Waals surface area contributed by atoms with E-state index in [1.165, 1.54) is 20.1 Å². The molecule has 0 N–H and O–H groups in total. The summed E-state index contributed by atoms with van der Waals surface area (Å²) in [5.41, 5.74) is 2.68. The van der Waals surface area contributed by atoms with Gasteiger partial charge in [0.1, 0.15) is 0 Å². The van der Waals surface area contributed by atoms with Crippen molar-refractivity contribution in [1.82, 2.24) is 4.98 Å². The Balaban J connectivity index is 2.31. The molecule has 2 rings (SSSR count). The van der Waals surface area contributed by atoms with E-state index >= 15 is 0 Å². The van der Waals surface area contributed by atoms with Crippen LogP contribution >= 0.6 is 0 Å². The number of hydrogen-bond acceptors (Lipinski definition) is 1. The van der Waals surface area contributed by atoms with E-state index in [0.717, 1.165) is 0 Å². The number of aryl methyl sites for hydroxylation is 1. The van der Waals surface area contributed by atoms with Gasteiger partial charge in [-0.05, 0) is 0 Å². The Morgan fingerprint density at radius 2 is 1.80 bits per heavy atom. The van der Waals surface area contributed by atoms with Crippen molar-refractivity contribution >= 4 is 14.5 Å². The van der Waals surface area contributed by atoms with Gasteiger partial charge in [0.2, 0.25) is 0 Å². The molecular weight excluding hydrogens is 249 g/mol. The molecule has 78 valence electrons. The Morgan fingerprint density at radius 1 is 1.13 bits per heavy atom. The van der Waals surface area contributed by atoms with E-state index in [0.29, 0.717) is 20.4 Å². The monoisotopic (exact) mass is 265 g/mol. The van der Waals surface area contributed by atoms with Gasteiger partial charge in [0.25, 0.3) is 0 Å². The van der Waals surface area contributed by atoms with Crippen LogP contribution in [0.1, 0.15) is 29.8 Å². The molecule has 0 fully saturated rings. The molecule has 0 aliphatic heterocycles. The van der Waals surface area contributed by atoms with Crippen molar-refractivity contribution in [3.8, 4) is 10.1 Å². The first-order valence-corrected chi connectivity index (χ1v) is 6.91. The summed E-state index contributed by atoms with van der Waals surface area (Å²) in [7, 11) is 0. The fourth-order valence-corrected chi connectivity index (χ4v) is 3.11. The maximum atomic E-state index is 4.44. The molecular formula is C13H15NSe. The zero-order valence-electron chi connectivity index (χ0n) is 9.32. The standard InChI is InChI=1S/C13H15NSe/c1-9(2)11-4-6-12(7-5-11)13-14-8-10(3)15-13/h4-9H,1-3H3. The topological polar surface area (TPSA) is 12.9 Å². The Labute approximate surface area is 96.9 Å². The third kappa shape index (κ3) is 2.39. The first-order chi connectivity index (χ1) is 7.16. The van der Waals surface area contributed by atoms with Crippen molar-refractivity contribution < 1.29 is 0 Å². The SMILES string of the molecule is Cc1cnc(-c2ccc(C(C)C)cc2)[se]1. The molecule has 0 aliphatic carbocycles. The van der Waals surface area contributed by atoms with Crippen LogP contribution in [0.15, 0.2) is 30.5 Å². The molecule has 0 amide bonds. The molecule has 0 saturated heterocycles. The predicted octanol–water partition coefficient (Wildman–Crippen LogP) is 3.24. The van der Waals surface area contributed by atoms with Gasteiger partial charge in [-0.2, -0.15) is 0 Å². The summed E-state index contributed by atoms with van der Waals surface area (Å²) < 4.78 is 2.67. The molecule has 1 aromatic heterocycles. The summed E-state index contributed by atoms with van der Waals surface area (Å²) in [6, 6.07) is 8.82. The van der Waals surface area contributed by atoms with E-state index in [2.05, 4.69) is 50.0 Å². The minimum atomic E-state index is 0.444. The van der Waals surface area contributed by atoms with Crippen LogP contribution < -0.4 is 0 Å². The van der Waals surface area contributed by atoms with Crippen LogP contribution in [0.5, 0.6) is 0 Å². The second kappa shape index (κ2) is 4.34. The van der Waals surface area contributed by atoms with Gasteiger partial charge in [-0.3, -0.25) is 0 Å². The van der Waals surface area contributed by atoms with Gasteiger partial charge in [0, 0.05) is 0 Å². The molecule has 0 aliphatic rings. The molecule has 0 bridgehead atoms. The summed E-state index contributed by atoms with van der Waals surface area (Å²) >= 11 is 0.444. The van der Waals surface area contributed by atoms with Crippen LogP contribution in [0.4, 0.5) is 0 Å². The van der Waals surface area contributed by atoms with E-state index in [1.54, 1.807) is 0 Å². The number of benzene rings is 1. The normalized spacial score (nSPS) is 10.9. The molecule has 0 saturated carbocycles. The number of nitrogens with zero attached hydrogens (tertiary/aromatic N) is 1. The van der Waals surface area contributed by atoms with E-state index in [9.17, 15) is 0 Å². The van der Waals surface area contributed by atoms with Gasteiger partial charge >= 0.3 is 96.8 Å². The van der Waals surface area contributed by atoms with E-state index < -0.39 is 0 Å². The number of hydrogen-bond donors (Lipinski definition) is 0. The Bertz CT molecular complexity index is 440. The Kier molecular flexibility index (Phi) is 3.08. The van der Waals surface area contributed by atoms with Crippen LogP contribution in [-0.4, -0.2) is 19.5 Å². The molecule has 2 heteroatoms. The van der Waals surface area contributed by atoms with Gasteiger partial charge in [-0.1, -0.05) is 0 Å². The van der Waals surface area contributed by atoms with Crippen LogP contribution in [0.3, 0.4) is 0 Å². The summed E-state index contributed by atoms with van der Waals surface area (Å²) in [6.07, 6.45) is 1.99. The van der Waals surface area contributed by atoms with Crippen molar-refractivity contribution in [1.29, 1.82) is 0 Å². The van der Waals surface area contributed by atoms with Crippen LogP contribution in [0, 0.1) is 6.92 Å². The van der Waals surface area contributed by atoms with E-state index in [1.807, 2.05) is 6.20 Å². The molecule has 1 aromatic carbocycles. The van der Waals surface area contributed by atoms with Crippen molar-refractivity contribution in [3.05, 3.63) is 40.5 Å². The Morgan fingerprint density at radius 3 is 2.27 bits per heavy atom. The molecule has 15 heavy (non-hydrogen) atoms. The van der Waals surface area contributed by atoms with Crippen molar-refractivity contribution in [2.45, 2.75) is 26.7 Å². The average molecular weight is 264 g/mol. The Hall–Kier alpha value is -0.851. The van der Waals surface area contributed by atoms with Gasteiger partial charge < -0.3 is 0 Å². The van der Waals surface area contributed by atoms with E-state index in [-0.39, 0.29) is 0 Å². The fourth-order valence-electron chi connectivity index (χ4n) is 1.50. The summed E-state index contributed by atoms with van der Waals surface area (Å²) in [5, 5.41) is 0. The molecule has 0 radical (unpaired) electrons. The zero-order valence-corrected chi connectivity index (χ0v) is 11.0. The summed E-state index contributed by atoms with van der Waals surface area (Å²) in [6.45, 7) is 6.59. The summed E-state index contributed by atoms with van der Waals surface area (Å²) in [4.78, 5) is 4.44. The molecule has 0 atom stereocenters. The first kappa shape index (κ1) is 10.7. The van der Waals surface area contributed by atoms with Crippen LogP contribution in [0.25, 0.3) is 10.1 Å². The van der Waals surface area contributed by atoms with Gasteiger partial charge in [0.15, 0.2) is 0 Å². The fraction of sp³-hybridized carbons (Fsp3) is 0.308. The van der Waals surface area contributed by atoms with E-state index in [4.69, 9.17) is 0 Å². The quantitative estimate of drug-likeness (QED) is 0.759. The van der Waals surface area contributed by atoms with Crippen molar-refractivity contribution in [3.63, 3.8) is 0 Å². The average Bonchev–Trinajstić information content (AvgIpc) is 2.65. The third-order valence-electron chi connectivity index (χ3n) is 2.45. The van der Waals surface area contributed by atoms with Crippen molar-refractivity contribution in [2.24, 2.45) is 0 Å². The molecule has 1 heterocycles. The first-order valence-electron chi connectivity index (χ1n) is 5.19. The number of rotatable bonds is 2. The zero-order chi connectivity index (χ0) is 10.8. The maximum absolute atomic E-state index is 4.44. The predicted molar refractivity (Wildman–Crippen MR) is 65.4 cm³/mol. The second-order valence-corrected chi connectivity index (χ2v) is 6.64. The molecule has 0 unspecified atom stereocenters. The molecule has 1 nitrogen and oxygen atoms in total. The molecule has 0 spiro atoms.